The third-order valence-corrected chi connectivity index (χ3v) is 2.69. The SMILES string of the molecule is CCNc1nc(-n2ccc(C(=O)N(C)C)n2)c(F)cc1F. The van der Waals surface area contributed by atoms with Gasteiger partial charge >= 0.3 is 0 Å². The second-order valence-electron chi connectivity index (χ2n) is 4.50. The van der Waals surface area contributed by atoms with E-state index in [-0.39, 0.29) is 23.2 Å². The molecule has 0 saturated heterocycles. The van der Waals surface area contributed by atoms with Crippen LogP contribution in [0.15, 0.2) is 18.3 Å². The Bertz CT molecular complexity index is 669. The van der Waals surface area contributed by atoms with Gasteiger partial charge in [0.1, 0.15) is 0 Å². The maximum atomic E-state index is 13.8. The number of carbonyl (C=O) groups is 1. The van der Waals surface area contributed by atoms with Crippen molar-refractivity contribution in [1.29, 1.82) is 0 Å². The van der Waals surface area contributed by atoms with Gasteiger partial charge in [0.25, 0.3) is 5.91 Å². The predicted molar refractivity (Wildman–Crippen MR) is 73.5 cm³/mol. The number of halogens is 2. The number of aromatic nitrogens is 3. The van der Waals surface area contributed by atoms with Gasteiger partial charge in [0, 0.05) is 32.9 Å². The molecule has 0 bridgehead atoms. The number of pyridine rings is 1. The molecule has 8 heteroatoms. The smallest absolute Gasteiger partial charge is 0.273 e. The van der Waals surface area contributed by atoms with Crippen molar-refractivity contribution in [3.8, 4) is 5.82 Å². The first kappa shape index (κ1) is 14.9. The monoisotopic (exact) mass is 295 g/mol. The van der Waals surface area contributed by atoms with Crippen molar-refractivity contribution in [2.24, 2.45) is 0 Å². The van der Waals surface area contributed by atoms with Crippen LogP contribution in [-0.4, -0.2) is 46.2 Å². The minimum Gasteiger partial charge on any atom is -0.368 e. The zero-order valence-corrected chi connectivity index (χ0v) is 11.9. The van der Waals surface area contributed by atoms with Crippen LogP contribution < -0.4 is 5.32 Å². The molecule has 2 heterocycles. The van der Waals surface area contributed by atoms with E-state index >= 15 is 0 Å². The Morgan fingerprint density at radius 3 is 2.71 bits per heavy atom. The third-order valence-electron chi connectivity index (χ3n) is 2.69. The topological polar surface area (TPSA) is 63.1 Å². The number of hydrogen-bond acceptors (Lipinski definition) is 4. The molecule has 2 aromatic heterocycles. The molecule has 0 aliphatic heterocycles. The van der Waals surface area contributed by atoms with Gasteiger partial charge in [-0.15, -0.1) is 0 Å². The van der Waals surface area contributed by atoms with Crippen LogP contribution in [0.3, 0.4) is 0 Å². The molecule has 0 aliphatic carbocycles. The number of anilines is 1. The lowest BCUT2D eigenvalue weighted by Crippen LogP contribution is -2.22. The van der Waals surface area contributed by atoms with Crippen molar-refractivity contribution in [3.05, 3.63) is 35.7 Å². The minimum absolute atomic E-state index is 0.0649. The van der Waals surface area contributed by atoms with Crippen LogP contribution in [0.25, 0.3) is 5.82 Å². The molecule has 2 aromatic rings. The van der Waals surface area contributed by atoms with Crippen molar-refractivity contribution >= 4 is 11.7 Å². The predicted octanol–water partition coefficient (Wildman–Crippen LogP) is 1.68. The summed E-state index contributed by atoms with van der Waals surface area (Å²) in [4.78, 5) is 17.0. The van der Waals surface area contributed by atoms with Crippen LogP contribution in [0.2, 0.25) is 0 Å². The van der Waals surface area contributed by atoms with Crippen LogP contribution >= 0.6 is 0 Å². The largest absolute Gasteiger partial charge is 0.368 e. The minimum atomic E-state index is -0.860. The molecule has 0 aromatic carbocycles. The Balaban J connectivity index is 2.42. The second kappa shape index (κ2) is 5.86. The maximum Gasteiger partial charge on any atom is 0.273 e. The summed E-state index contributed by atoms with van der Waals surface area (Å²) in [5, 5.41) is 6.66. The summed E-state index contributed by atoms with van der Waals surface area (Å²) in [6.07, 6.45) is 1.40. The van der Waals surface area contributed by atoms with E-state index in [1.54, 1.807) is 21.0 Å². The summed E-state index contributed by atoms with van der Waals surface area (Å²) < 4.78 is 28.5. The molecular formula is C13H15F2N5O. The van der Waals surface area contributed by atoms with Gasteiger partial charge in [-0.1, -0.05) is 0 Å². The van der Waals surface area contributed by atoms with E-state index in [0.29, 0.717) is 6.54 Å². The lowest BCUT2D eigenvalue weighted by Gasteiger charge is -2.09. The van der Waals surface area contributed by atoms with E-state index in [4.69, 9.17) is 0 Å². The summed E-state index contributed by atoms with van der Waals surface area (Å²) in [7, 11) is 3.17. The number of nitrogens with one attached hydrogen (secondary N) is 1. The molecule has 6 nitrogen and oxygen atoms in total. The molecular weight excluding hydrogens is 280 g/mol. The first-order chi connectivity index (χ1) is 9.93. The van der Waals surface area contributed by atoms with Crippen molar-refractivity contribution < 1.29 is 13.6 Å². The quantitative estimate of drug-likeness (QED) is 0.932. The first-order valence-corrected chi connectivity index (χ1v) is 6.31. The van der Waals surface area contributed by atoms with E-state index < -0.39 is 11.6 Å². The van der Waals surface area contributed by atoms with E-state index in [2.05, 4.69) is 15.4 Å². The molecule has 2 rings (SSSR count). The first-order valence-electron chi connectivity index (χ1n) is 6.31. The summed E-state index contributed by atoms with van der Waals surface area (Å²) in [6, 6.07) is 2.18. The molecule has 0 unspecified atom stereocenters. The van der Waals surface area contributed by atoms with Gasteiger partial charge in [0.2, 0.25) is 0 Å². The third kappa shape index (κ3) is 2.99. The lowest BCUT2D eigenvalue weighted by atomic mass is 10.4. The number of nitrogens with zero attached hydrogens (tertiary/aromatic N) is 4. The highest BCUT2D eigenvalue weighted by molar-refractivity contribution is 5.91. The molecule has 0 atom stereocenters. The van der Waals surface area contributed by atoms with Gasteiger partial charge in [0.05, 0.1) is 0 Å². The van der Waals surface area contributed by atoms with Crippen molar-refractivity contribution in [1.82, 2.24) is 19.7 Å². The van der Waals surface area contributed by atoms with Gasteiger partial charge in [-0.05, 0) is 13.0 Å². The Kier molecular flexibility index (Phi) is 4.15. The van der Waals surface area contributed by atoms with Crippen molar-refractivity contribution in [2.45, 2.75) is 6.92 Å². The van der Waals surface area contributed by atoms with Crippen molar-refractivity contribution in [3.63, 3.8) is 0 Å². The average molecular weight is 295 g/mol. The zero-order chi connectivity index (χ0) is 15.6. The molecule has 1 N–H and O–H groups in total. The van der Waals surface area contributed by atoms with E-state index in [1.807, 2.05) is 0 Å². The average Bonchev–Trinajstić information content (AvgIpc) is 2.90. The number of rotatable bonds is 4. The summed E-state index contributed by atoms with van der Waals surface area (Å²) >= 11 is 0. The molecule has 0 spiro atoms. The fraction of sp³-hybridized carbons (Fsp3) is 0.308. The molecule has 21 heavy (non-hydrogen) atoms. The number of hydrogen-bond donors (Lipinski definition) is 1. The van der Waals surface area contributed by atoms with Crippen LogP contribution in [0, 0.1) is 11.6 Å². The fourth-order valence-corrected chi connectivity index (χ4v) is 1.69. The zero-order valence-electron chi connectivity index (χ0n) is 11.9. The number of amides is 1. The van der Waals surface area contributed by atoms with Gasteiger partial charge in [-0.25, -0.2) is 18.4 Å². The highest BCUT2D eigenvalue weighted by atomic mass is 19.1. The van der Waals surface area contributed by atoms with Crippen molar-refractivity contribution in [2.75, 3.05) is 26.0 Å². The van der Waals surface area contributed by atoms with Crippen LogP contribution in [0.5, 0.6) is 0 Å². The Morgan fingerprint density at radius 2 is 2.10 bits per heavy atom. The lowest BCUT2D eigenvalue weighted by molar-refractivity contribution is 0.0821. The van der Waals surface area contributed by atoms with E-state index in [0.717, 1.165) is 10.7 Å². The molecule has 0 aliphatic rings. The van der Waals surface area contributed by atoms with Crippen LogP contribution in [0.1, 0.15) is 17.4 Å². The van der Waals surface area contributed by atoms with Gasteiger partial charge in [-0.2, -0.15) is 5.10 Å². The Hall–Kier alpha value is -2.51. The normalized spacial score (nSPS) is 10.5. The van der Waals surface area contributed by atoms with Gasteiger partial charge < -0.3 is 10.2 Å². The van der Waals surface area contributed by atoms with Crippen LogP contribution in [0.4, 0.5) is 14.6 Å². The molecule has 0 saturated carbocycles. The van der Waals surface area contributed by atoms with Gasteiger partial charge in [-0.3, -0.25) is 4.79 Å². The Morgan fingerprint density at radius 1 is 1.38 bits per heavy atom. The van der Waals surface area contributed by atoms with Gasteiger partial charge in [0.15, 0.2) is 29.0 Å². The molecule has 0 radical (unpaired) electrons. The second-order valence-corrected chi connectivity index (χ2v) is 4.50. The highest BCUT2D eigenvalue weighted by Gasteiger charge is 2.17. The summed E-state index contributed by atoms with van der Waals surface area (Å²) in [5.74, 6) is -2.20. The maximum absolute atomic E-state index is 13.8. The fourth-order valence-electron chi connectivity index (χ4n) is 1.69. The molecule has 1 amide bonds. The van der Waals surface area contributed by atoms with E-state index in [9.17, 15) is 13.6 Å². The Labute approximate surface area is 120 Å². The highest BCUT2D eigenvalue weighted by Crippen LogP contribution is 2.18. The molecule has 0 fully saturated rings. The summed E-state index contributed by atoms with van der Waals surface area (Å²) in [5.41, 5.74) is 0.149. The van der Waals surface area contributed by atoms with Crippen LogP contribution in [-0.2, 0) is 0 Å². The van der Waals surface area contributed by atoms with E-state index in [1.165, 1.54) is 17.2 Å². The molecule has 112 valence electrons. The standard InChI is InChI=1S/C13H15F2N5O/c1-4-16-11-8(14)7-9(15)12(17-11)20-6-5-10(18-20)13(21)19(2)3/h5-7H,4H2,1-3H3,(H,16,17). The summed E-state index contributed by atoms with van der Waals surface area (Å²) in [6.45, 7) is 2.21. The number of carbonyl (C=O) groups excluding carboxylic acids is 1.